The number of nitrogens with zero attached hydrogens (tertiary/aromatic N) is 2. The van der Waals surface area contributed by atoms with Gasteiger partial charge in [-0.15, -0.1) is 0 Å². The second-order valence-corrected chi connectivity index (χ2v) is 20.7. The zero-order valence-corrected chi connectivity index (χ0v) is 41.9. The molecule has 0 saturated carbocycles. The predicted octanol–water partition coefficient (Wildman–Crippen LogP) is 8.07. The number of rotatable bonds is 20. The molecule has 4 aromatic carbocycles. The van der Waals surface area contributed by atoms with E-state index in [4.69, 9.17) is 32.7 Å². The van der Waals surface area contributed by atoms with Gasteiger partial charge in [0.15, 0.2) is 5.75 Å². The summed E-state index contributed by atoms with van der Waals surface area (Å²) in [5.74, 6) is -1.57. The number of nitrogens with one attached hydrogen (secondary N) is 2. The average molecular weight is 988 g/mol. The third-order valence-electron chi connectivity index (χ3n) is 10.2. The van der Waals surface area contributed by atoms with Crippen LogP contribution in [0.4, 0.5) is 11.4 Å². The molecular weight excluding hydrogens is 928 g/mol. The monoisotopic (exact) mass is 986 g/mol. The number of phenols is 2. The summed E-state index contributed by atoms with van der Waals surface area (Å²) in [5.41, 5.74) is 4.48. The molecule has 354 valence electrons. The number of carbonyl (C=O) groups is 1. The second-order valence-electron chi connectivity index (χ2n) is 14.8. The number of benzene rings is 4. The van der Waals surface area contributed by atoms with Gasteiger partial charge in [0, 0.05) is 40.4 Å². The number of carbonyl (C=O) groups excluding carboxylic acids is 1. The number of ether oxygens (including phenoxy) is 2. The molecule has 4 rings (SSSR count). The highest BCUT2D eigenvalue weighted by molar-refractivity contribution is 7.93. The molecule has 4 N–H and O–H groups in total. The van der Waals surface area contributed by atoms with Crippen molar-refractivity contribution < 1.29 is 49.7 Å². The van der Waals surface area contributed by atoms with Crippen molar-refractivity contribution in [3.8, 4) is 11.5 Å². The Hall–Kier alpha value is -4.14. The van der Waals surface area contributed by atoms with Gasteiger partial charge in [0.2, 0.25) is 10.0 Å². The molecular formula is C44H60Cl2N4O11S3. The van der Waals surface area contributed by atoms with Gasteiger partial charge >= 0.3 is 0 Å². The summed E-state index contributed by atoms with van der Waals surface area (Å²) in [6.07, 6.45) is 1.83. The topological polar surface area (TPSA) is 209 Å². The number of methoxy groups -OCH3 is 2. The van der Waals surface area contributed by atoms with Gasteiger partial charge < -0.3 is 24.6 Å². The van der Waals surface area contributed by atoms with Crippen molar-refractivity contribution in [1.82, 2.24) is 9.21 Å². The van der Waals surface area contributed by atoms with E-state index in [2.05, 4.69) is 9.44 Å². The fraction of sp³-hybridized carbons (Fsp3) is 0.432. The van der Waals surface area contributed by atoms with Gasteiger partial charge in [-0.2, -0.15) is 4.31 Å². The van der Waals surface area contributed by atoms with Crippen LogP contribution < -0.4 is 9.44 Å². The van der Waals surface area contributed by atoms with Crippen LogP contribution in [0.2, 0.25) is 10.0 Å². The fourth-order valence-electron chi connectivity index (χ4n) is 7.15. The number of phenolic OH excluding ortho intramolecular Hbond substituents is 2. The van der Waals surface area contributed by atoms with Crippen LogP contribution in [0.3, 0.4) is 0 Å². The molecule has 0 bridgehead atoms. The molecule has 0 aliphatic heterocycles. The van der Waals surface area contributed by atoms with Crippen molar-refractivity contribution in [1.29, 1.82) is 0 Å². The lowest BCUT2D eigenvalue weighted by molar-refractivity contribution is 0.0624. The van der Waals surface area contributed by atoms with E-state index in [-0.39, 0.29) is 76.2 Å². The first-order valence-electron chi connectivity index (χ1n) is 20.6. The predicted molar refractivity (Wildman–Crippen MR) is 253 cm³/mol. The molecule has 0 atom stereocenters. The molecule has 15 nitrogen and oxygen atoms in total. The van der Waals surface area contributed by atoms with Crippen molar-refractivity contribution in [2.24, 2.45) is 0 Å². The van der Waals surface area contributed by atoms with Crippen molar-refractivity contribution in [2.75, 3.05) is 63.1 Å². The SMILES string of the molecule is CCc1cc(CC)c(S(=O)(=O)Nc2cc(Cl)c(O)c(S(=O)(=O)N(CC)CC)c2)c(CC)c1.COCCN(CCOC)C(=O)c1cc(NS(=O)(=O)c2c(C)cc(C)cc2C)cc(Cl)c1O. The van der Waals surface area contributed by atoms with Crippen molar-refractivity contribution in [2.45, 2.75) is 89.3 Å². The Bertz CT molecular complexity index is 2580. The number of anilines is 2. The van der Waals surface area contributed by atoms with Crippen molar-refractivity contribution in [3.63, 3.8) is 0 Å². The quantitative estimate of drug-likeness (QED) is 0.0623. The lowest BCUT2D eigenvalue weighted by Gasteiger charge is -2.23. The highest BCUT2D eigenvalue weighted by Crippen LogP contribution is 2.38. The lowest BCUT2D eigenvalue weighted by Crippen LogP contribution is -2.36. The highest BCUT2D eigenvalue weighted by atomic mass is 35.5. The summed E-state index contributed by atoms with van der Waals surface area (Å²) in [7, 11) is -9.06. The van der Waals surface area contributed by atoms with Crippen LogP contribution in [-0.2, 0) is 58.8 Å². The van der Waals surface area contributed by atoms with Crippen LogP contribution in [0, 0.1) is 20.8 Å². The van der Waals surface area contributed by atoms with Gasteiger partial charge in [-0.25, -0.2) is 25.3 Å². The van der Waals surface area contributed by atoms with Gasteiger partial charge in [-0.3, -0.25) is 14.2 Å². The van der Waals surface area contributed by atoms with E-state index in [1.165, 1.54) is 37.3 Å². The highest BCUT2D eigenvalue weighted by Gasteiger charge is 2.30. The molecule has 0 fully saturated rings. The molecule has 0 saturated heterocycles. The molecule has 0 radical (unpaired) electrons. The Morgan fingerprint density at radius 3 is 1.53 bits per heavy atom. The minimum absolute atomic E-state index is 0.0396. The molecule has 4 aromatic rings. The number of hydrogen-bond donors (Lipinski definition) is 4. The zero-order valence-electron chi connectivity index (χ0n) is 37.9. The van der Waals surface area contributed by atoms with E-state index in [1.807, 2.05) is 39.8 Å². The minimum atomic E-state index is -4.07. The number of aromatic hydroxyl groups is 2. The number of aryl methyl sites for hydroxylation is 6. The summed E-state index contributed by atoms with van der Waals surface area (Å²) in [5, 5.41) is 20.3. The number of halogens is 2. The van der Waals surface area contributed by atoms with E-state index in [9.17, 15) is 40.3 Å². The van der Waals surface area contributed by atoms with Crippen LogP contribution in [0.1, 0.15) is 78.4 Å². The minimum Gasteiger partial charge on any atom is -0.506 e. The normalized spacial score (nSPS) is 11.9. The average Bonchev–Trinajstić information content (AvgIpc) is 3.22. The molecule has 1 amide bonds. The molecule has 0 unspecified atom stereocenters. The Morgan fingerprint density at radius 1 is 0.641 bits per heavy atom. The molecule has 0 heterocycles. The maximum absolute atomic E-state index is 13.4. The van der Waals surface area contributed by atoms with Gasteiger partial charge in [0.1, 0.15) is 10.6 Å². The molecule has 0 spiro atoms. The van der Waals surface area contributed by atoms with E-state index in [0.29, 0.717) is 35.1 Å². The van der Waals surface area contributed by atoms with Gasteiger partial charge in [-0.05, 0) is 92.1 Å². The van der Waals surface area contributed by atoms with Gasteiger partial charge in [0.05, 0.1) is 50.0 Å². The zero-order chi connectivity index (χ0) is 48.3. The first-order chi connectivity index (χ1) is 30.0. The van der Waals surface area contributed by atoms with Crippen LogP contribution in [0.25, 0.3) is 0 Å². The Labute approximate surface area is 388 Å². The Kier molecular flexibility index (Phi) is 19.8. The summed E-state index contributed by atoms with van der Waals surface area (Å²) in [6.45, 7) is 15.9. The molecule has 64 heavy (non-hydrogen) atoms. The second kappa shape index (κ2) is 23.4. The van der Waals surface area contributed by atoms with E-state index in [0.717, 1.165) is 27.9 Å². The van der Waals surface area contributed by atoms with Crippen LogP contribution in [-0.4, -0.2) is 104 Å². The number of amides is 1. The first kappa shape index (κ1) is 54.2. The van der Waals surface area contributed by atoms with Crippen molar-refractivity contribution in [3.05, 3.63) is 97.5 Å². The molecule has 0 aromatic heterocycles. The van der Waals surface area contributed by atoms with Crippen LogP contribution in [0.5, 0.6) is 11.5 Å². The van der Waals surface area contributed by atoms with Gasteiger partial charge in [-0.1, -0.05) is 87.6 Å². The molecule has 0 aliphatic carbocycles. The number of hydrogen-bond acceptors (Lipinski definition) is 11. The van der Waals surface area contributed by atoms with Gasteiger partial charge in [0.25, 0.3) is 26.0 Å². The Morgan fingerprint density at radius 2 is 1.09 bits per heavy atom. The largest absolute Gasteiger partial charge is 0.506 e. The number of sulfonamides is 3. The van der Waals surface area contributed by atoms with Crippen molar-refractivity contribution >= 4 is 70.6 Å². The standard InChI is InChI=1S/C22H29ClN2O6S.C22H31ClN2O5S2/c1-14-10-15(2)21(16(3)11-14)32(28,29)24-17-12-18(20(26)19(23)13-17)22(27)25(6-8-30-4)7-9-31-5;1-6-15-11-16(7-2)22(17(8-3)12-15)31(27,28)24-18-13-19(23)21(26)20(14-18)32(29,30)25(9-4)10-5/h10-13,24,26H,6-9H2,1-5H3;11-14,24,26H,6-10H2,1-5H3. The first-order valence-corrected chi connectivity index (χ1v) is 25.7. The third-order valence-corrected chi connectivity index (χ3v) is 16.1. The maximum Gasteiger partial charge on any atom is 0.262 e. The summed E-state index contributed by atoms with van der Waals surface area (Å²) < 4.78 is 95.1. The lowest BCUT2D eigenvalue weighted by atomic mass is 10.0. The summed E-state index contributed by atoms with van der Waals surface area (Å²) in [6, 6.07) is 12.2. The Balaban J connectivity index is 0.000000340. The fourth-order valence-corrected chi connectivity index (χ4v) is 12.4. The summed E-state index contributed by atoms with van der Waals surface area (Å²) in [4.78, 5) is 14.4. The van der Waals surface area contributed by atoms with E-state index < -0.39 is 52.4 Å². The van der Waals surface area contributed by atoms with E-state index >= 15 is 0 Å². The van der Waals surface area contributed by atoms with E-state index in [1.54, 1.807) is 39.8 Å². The third kappa shape index (κ3) is 13.0. The summed E-state index contributed by atoms with van der Waals surface area (Å²) >= 11 is 12.2. The van der Waals surface area contributed by atoms with Crippen LogP contribution >= 0.6 is 23.2 Å². The smallest absolute Gasteiger partial charge is 0.262 e. The maximum atomic E-state index is 13.4. The van der Waals surface area contributed by atoms with Crippen LogP contribution in [0.15, 0.2) is 63.2 Å². The molecule has 20 heteroatoms. The molecule has 0 aliphatic rings.